The number of hydrogen-bond acceptors (Lipinski definition) is 4. The molecule has 136 valence electrons. The second-order valence-corrected chi connectivity index (χ2v) is 6.30. The molecule has 0 radical (unpaired) electrons. The summed E-state index contributed by atoms with van der Waals surface area (Å²) in [5.41, 5.74) is 4.12. The summed E-state index contributed by atoms with van der Waals surface area (Å²) in [7, 11) is 0. The summed E-state index contributed by atoms with van der Waals surface area (Å²) in [6, 6.07) is 21.3. The second kappa shape index (κ2) is 7.41. The Bertz CT molecular complexity index is 949. The largest absolute Gasteiger partial charge is 0.484 e. The van der Waals surface area contributed by atoms with Crippen LogP contribution < -0.4 is 19.5 Å². The molecule has 1 aliphatic heterocycles. The zero-order valence-electron chi connectivity index (χ0n) is 14.9. The third-order valence-corrected chi connectivity index (χ3v) is 4.27. The van der Waals surface area contributed by atoms with Crippen molar-refractivity contribution in [1.82, 2.24) is 0 Å². The number of carbonyl (C=O) groups excluding carboxylic acids is 1. The van der Waals surface area contributed by atoms with Crippen LogP contribution >= 0.6 is 0 Å². The van der Waals surface area contributed by atoms with E-state index in [9.17, 15) is 4.79 Å². The molecule has 0 unspecified atom stereocenters. The van der Waals surface area contributed by atoms with E-state index in [1.165, 1.54) is 5.56 Å². The third kappa shape index (κ3) is 4.03. The van der Waals surface area contributed by atoms with Crippen LogP contribution in [-0.4, -0.2) is 19.3 Å². The third-order valence-electron chi connectivity index (χ3n) is 4.27. The van der Waals surface area contributed by atoms with Crippen molar-refractivity contribution in [3.8, 4) is 28.4 Å². The Kier molecular flexibility index (Phi) is 4.66. The number of rotatable bonds is 5. The lowest BCUT2D eigenvalue weighted by atomic mass is 10.0. The molecule has 0 bridgehead atoms. The highest BCUT2D eigenvalue weighted by Crippen LogP contribution is 2.34. The first-order valence-corrected chi connectivity index (χ1v) is 8.67. The number of benzene rings is 3. The lowest BCUT2D eigenvalue weighted by molar-refractivity contribution is -0.118. The van der Waals surface area contributed by atoms with Gasteiger partial charge in [0, 0.05) is 11.8 Å². The lowest BCUT2D eigenvalue weighted by Gasteiger charge is -2.09. The van der Waals surface area contributed by atoms with Crippen LogP contribution in [0.5, 0.6) is 17.2 Å². The fourth-order valence-electron chi connectivity index (χ4n) is 2.81. The Morgan fingerprint density at radius 3 is 2.33 bits per heavy atom. The van der Waals surface area contributed by atoms with Crippen molar-refractivity contribution in [2.24, 2.45) is 0 Å². The molecule has 4 rings (SSSR count). The predicted molar refractivity (Wildman–Crippen MR) is 103 cm³/mol. The molecule has 1 amide bonds. The number of ether oxygens (including phenoxy) is 3. The molecule has 0 saturated heterocycles. The summed E-state index contributed by atoms with van der Waals surface area (Å²) >= 11 is 0. The van der Waals surface area contributed by atoms with Crippen molar-refractivity contribution in [3.05, 3.63) is 72.3 Å². The molecule has 0 atom stereocenters. The standard InChI is InChI=1S/C22H19NO4/c1-15-2-4-16(5-3-15)17-6-9-19(10-7-17)25-13-22(24)23-18-8-11-20-21(12-18)27-14-26-20/h2-12H,13-14H2,1H3,(H,23,24). The predicted octanol–water partition coefficient (Wildman–Crippen LogP) is 4.41. The van der Waals surface area contributed by atoms with Crippen LogP contribution in [0.15, 0.2) is 66.7 Å². The van der Waals surface area contributed by atoms with Crippen molar-refractivity contribution < 1.29 is 19.0 Å². The molecule has 5 heteroatoms. The molecule has 0 spiro atoms. The zero-order valence-corrected chi connectivity index (χ0v) is 14.9. The monoisotopic (exact) mass is 361 g/mol. The Hall–Kier alpha value is -3.47. The quantitative estimate of drug-likeness (QED) is 0.731. The van der Waals surface area contributed by atoms with Gasteiger partial charge >= 0.3 is 0 Å². The Morgan fingerprint density at radius 1 is 0.926 bits per heavy atom. The first-order chi connectivity index (χ1) is 13.2. The van der Waals surface area contributed by atoms with Crippen molar-refractivity contribution in [2.75, 3.05) is 18.7 Å². The van der Waals surface area contributed by atoms with Crippen molar-refractivity contribution >= 4 is 11.6 Å². The Morgan fingerprint density at radius 2 is 1.59 bits per heavy atom. The number of aryl methyl sites for hydroxylation is 1. The van der Waals surface area contributed by atoms with E-state index in [-0.39, 0.29) is 19.3 Å². The summed E-state index contributed by atoms with van der Waals surface area (Å²) in [5, 5.41) is 2.78. The van der Waals surface area contributed by atoms with Crippen LogP contribution in [0.4, 0.5) is 5.69 Å². The highest BCUT2D eigenvalue weighted by atomic mass is 16.7. The van der Waals surface area contributed by atoms with Gasteiger partial charge in [0.25, 0.3) is 5.91 Å². The smallest absolute Gasteiger partial charge is 0.262 e. The SMILES string of the molecule is Cc1ccc(-c2ccc(OCC(=O)Nc3ccc4c(c3)OCO4)cc2)cc1. The van der Waals surface area contributed by atoms with Crippen LogP contribution in [0.1, 0.15) is 5.56 Å². The maximum absolute atomic E-state index is 12.1. The van der Waals surface area contributed by atoms with Gasteiger partial charge < -0.3 is 19.5 Å². The molecule has 5 nitrogen and oxygen atoms in total. The average molecular weight is 361 g/mol. The molecule has 27 heavy (non-hydrogen) atoms. The van der Waals surface area contributed by atoms with Crippen LogP contribution in [0, 0.1) is 6.92 Å². The van der Waals surface area contributed by atoms with Crippen LogP contribution in [0.2, 0.25) is 0 Å². The maximum atomic E-state index is 12.1. The summed E-state index contributed by atoms with van der Waals surface area (Å²) in [5.74, 6) is 1.71. The van der Waals surface area contributed by atoms with Gasteiger partial charge in [-0.15, -0.1) is 0 Å². The van der Waals surface area contributed by atoms with E-state index in [1.807, 2.05) is 24.3 Å². The fraction of sp³-hybridized carbons (Fsp3) is 0.136. The molecule has 0 aliphatic carbocycles. The van der Waals surface area contributed by atoms with Crippen molar-refractivity contribution in [2.45, 2.75) is 6.92 Å². The molecular formula is C22H19NO4. The van der Waals surface area contributed by atoms with E-state index >= 15 is 0 Å². The molecule has 1 aliphatic rings. The molecule has 1 N–H and O–H groups in total. The van der Waals surface area contributed by atoms with Gasteiger partial charge in [0.2, 0.25) is 6.79 Å². The average Bonchev–Trinajstić information content (AvgIpc) is 3.15. The highest BCUT2D eigenvalue weighted by molar-refractivity contribution is 5.92. The Balaban J connectivity index is 1.33. The van der Waals surface area contributed by atoms with E-state index in [4.69, 9.17) is 14.2 Å². The van der Waals surface area contributed by atoms with Gasteiger partial charge in [-0.2, -0.15) is 0 Å². The normalized spacial score (nSPS) is 11.9. The highest BCUT2D eigenvalue weighted by Gasteiger charge is 2.14. The molecule has 0 aromatic heterocycles. The first-order valence-electron chi connectivity index (χ1n) is 8.67. The van der Waals surface area contributed by atoms with Gasteiger partial charge in [-0.25, -0.2) is 0 Å². The first kappa shape index (κ1) is 17.0. The Labute approximate surface area is 157 Å². The maximum Gasteiger partial charge on any atom is 0.262 e. The van der Waals surface area contributed by atoms with Gasteiger partial charge in [0.15, 0.2) is 18.1 Å². The van der Waals surface area contributed by atoms with Crippen LogP contribution in [0.3, 0.4) is 0 Å². The number of anilines is 1. The van der Waals surface area contributed by atoms with E-state index in [1.54, 1.807) is 18.2 Å². The van der Waals surface area contributed by atoms with E-state index in [2.05, 4.69) is 36.5 Å². The lowest BCUT2D eigenvalue weighted by Crippen LogP contribution is -2.20. The van der Waals surface area contributed by atoms with Crippen molar-refractivity contribution in [3.63, 3.8) is 0 Å². The summed E-state index contributed by atoms with van der Waals surface area (Å²) in [6.07, 6.45) is 0. The van der Waals surface area contributed by atoms with Crippen LogP contribution in [-0.2, 0) is 4.79 Å². The van der Waals surface area contributed by atoms with E-state index < -0.39 is 0 Å². The van der Waals surface area contributed by atoms with Gasteiger partial charge in [0.05, 0.1) is 0 Å². The second-order valence-electron chi connectivity index (χ2n) is 6.30. The molecule has 3 aromatic carbocycles. The fourth-order valence-corrected chi connectivity index (χ4v) is 2.81. The number of hydrogen-bond donors (Lipinski definition) is 1. The molecule has 0 saturated carbocycles. The molecule has 3 aromatic rings. The number of nitrogens with one attached hydrogen (secondary N) is 1. The van der Waals surface area contributed by atoms with E-state index in [0.29, 0.717) is 22.9 Å². The minimum atomic E-state index is -0.239. The van der Waals surface area contributed by atoms with Gasteiger partial charge in [-0.05, 0) is 42.3 Å². The zero-order chi connectivity index (χ0) is 18.6. The van der Waals surface area contributed by atoms with Gasteiger partial charge in [-0.1, -0.05) is 42.0 Å². The number of amides is 1. The minimum absolute atomic E-state index is 0.0711. The van der Waals surface area contributed by atoms with Crippen molar-refractivity contribution in [1.29, 1.82) is 0 Å². The molecule has 1 heterocycles. The summed E-state index contributed by atoms with van der Waals surface area (Å²) < 4.78 is 16.1. The van der Waals surface area contributed by atoms with Crippen LogP contribution in [0.25, 0.3) is 11.1 Å². The minimum Gasteiger partial charge on any atom is -0.484 e. The van der Waals surface area contributed by atoms with Gasteiger partial charge in [-0.3, -0.25) is 4.79 Å². The van der Waals surface area contributed by atoms with Gasteiger partial charge in [0.1, 0.15) is 5.75 Å². The molecule has 0 fully saturated rings. The number of fused-ring (bicyclic) bond motifs is 1. The number of carbonyl (C=O) groups is 1. The molecular weight excluding hydrogens is 342 g/mol. The van der Waals surface area contributed by atoms with E-state index in [0.717, 1.165) is 11.1 Å². The summed E-state index contributed by atoms with van der Waals surface area (Å²) in [4.78, 5) is 12.1. The topological polar surface area (TPSA) is 56.8 Å². The summed E-state index contributed by atoms with van der Waals surface area (Å²) in [6.45, 7) is 2.20.